The number of ether oxygens (including phenoxy) is 2. The summed E-state index contributed by atoms with van der Waals surface area (Å²) >= 11 is 5.79. The van der Waals surface area contributed by atoms with Crippen LogP contribution in [0.1, 0.15) is 17.5 Å². The normalized spacial score (nSPS) is 14.4. The fraction of sp³-hybridized carbons (Fsp3) is 0.435. The first-order valence-electron chi connectivity index (χ1n) is 10.2. The third-order valence-electron chi connectivity index (χ3n) is 5.24. The first-order chi connectivity index (χ1) is 14.2. The Morgan fingerprint density at radius 1 is 1.17 bits per heavy atom. The molecule has 2 aromatic rings. The lowest BCUT2D eigenvalue weighted by Crippen LogP contribution is -2.40. The molecule has 1 aliphatic heterocycles. The Morgan fingerprint density at radius 2 is 1.97 bits per heavy atom. The lowest BCUT2D eigenvalue weighted by Gasteiger charge is -2.30. The Hall–Kier alpha value is -2.15. The number of anilines is 1. The van der Waals surface area contributed by atoms with Crippen molar-refractivity contribution in [1.29, 1.82) is 0 Å². The van der Waals surface area contributed by atoms with E-state index in [0.717, 1.165) is 68.9 Å². The molecule has 0 unspecified atom stereocenters. The molecule has 1 fully saturated rings. The van der Waals surface area contributed by atoms with Crippen LogP contribution in [-0.4, -0.2) is 61.4 Å². The third kappa shape index (κ3) is 6.70. The van der Waals surface area contributed by atoms with Crippen molar-refractivity contribution in [3.63, 3.8) is 0 Å². The predicted octanol–water partition coefficient (Wildman–Crippen LogP) is 3.92. The van der Waals surface area contributed by atoms with Gasteiger partial charge in [-0.05, 0) is 48.8 Å². The summed E-state index contributed by atoms with van der Waals surface area (Å²) in [6, 6.07) is 16.4. The summed E-state index contributed by atoms with van der Waals surface area (Å²) in [7, 11) is 1.67. The standard InChI is InChI=1S/C23H31N3O2S/c1-19-7-3-4-8-20(19)18-26(12-6-11-25-13-15-28-16-14-25)23(29)24-21-9-5-10-22(17-21)27-2/h3-5,7-10,17H,6,11-16,18H2,1-2H3,(H,24,29). The van der Waals surface area contributed by atoms with Crippen molar-refractivity contribution < 1.29 is 9.47 Å². The number of hydrogen-bond donors (Lipinski definition) is 1. The molecule has 0 aliphatic carbocycles. The van der Waals surface area contributed by atoms with Crippen molar-refractivity contribution in [2.45, 2.75) is 19.9 Å². The van der Waals surface area contributed by atoms with E-state index in [2.05, 4.69) is 46.3 Å². The summed E-state index contributed by atoms with van der Waals surface area (Å²) in [5, 5.41) is 4.13. The van der Waals surface area contributed by atoms with Gasteiger partial charge in [0.25, 0.3) is 0 Å². The Morgan fingerprint density at radius 3 is 2.72 bits per heavy atom. The highest BCUT2D eigenvalue weighted by Crippen LogP contribution is 2.18. The fourth-order valence-corrected chi connectivity index (χ4v) is 3.73. The van der Waals surface area contributed by atoms with Gasteiger partial charge in [0.15, 0.2) is 5.11 Å². The molecular formula is C23H31N3O2S. The molecule has 156 valence electrons. The maximum Gasteiger partial charge on any atom is 0.173 e. The largest absolute Gasteiger partial charge is 0.497 e. The molecule has 0 amide bonds. The van der Waals surface area contributed by atoms with Crippen LogP contribution in [0, 0.1) is 6.92 Å². The van der Waals surface area contributed by atoms with Gasteiger partial charge in [-0.15, -0.1) is 0 Å². The van der Waals surface area contributed by atoms with Crippen LogP contribution in [0.15, 0.2) is 48.5 Å². The summed E-state index contributed by atoms with van der Waals surface area (Å²) < 4.78 is 10.8. The second-order valence-corrected chi connectivity index (χ2v) is 7.70. The van der Waals surface area contributed by atoms with Gasteiger partial charge < -0.3 is 19.7 Å². The molecule has 1 N–H and O–H groups in total. The number of nitrogens with zero attached hydrogens (tertiary/aromatic N) is 2. The number of aryl methyl sites for hydroxylation is 1. The number of nitrogens with one attached hydrogen (secondary N) is 1. The molecule has 0 spiro atoms. The summed E-state index contributed by atoms with van der Waals surface area (Å²) in [5.74, 6) is 0.815. The number of rotatable bonds is 8. The monoisotopic (exact) mass is 413 g/mol. The highest BCUT2D eigenvalue weighted by molar-refractivity contribution is 7.80. The molecule has 3 rings (SSSR count). The predicted molar refractivity (Wildman–Crippen MR) is 123 cm³/mol. The van der Waals surface area contributed by atoms with Crippen molar-refractivity contribution >= 4 is 23.0 Å². The second kappa shape index (κ2) is 11.1. The Balaban J connectivity index is 1.65. The van der Waals surface area contributed by atoms with Crippen LogP contribution in [0.2, 0.25) is 0 Å². The third-order valence-corrected chi connectivity index (χ3v) is 5.60. The van der Waals surface area contributed by atoms with Crippen molar-refractivity contribution in [2.24, 2.45) is 0 Å². The summed E-state index contributed by atoms with van der Waals surface area (Å²) in [4.78, 5) is 4.73. The minimum atomic E-state index is 0.739. The molecule has 0 bridgehead atoms. The topological polar surface area (TPSA) is 37.0 Å². The smallest absolute Gasteiger partial charge is 0.173 e. The summed E-state index contributed by atoms with van der Waals surface area (Å²) in [6.07, 6.45) is 1.06. The number of benzene rings is 2. The van der Waals surface area contributed by atoms with Gasteiger partial charge in [0.1, 0.15) is 5.75 Å². The first-order valence-corrected chi connectivity index (χ1v) is 10.6. The molecule has 0 saturated carbocycles. The molecule has 29 heavy (non-hydrogen) atoms. The van der Waals surface area contributed by atoms with E-state index in [1.807, 2.05) is 24.3 Å². The average Bonchev–Trinajstić information content (AvgIpc) is 2.75. The SMILES string of the molecule is COc1cccc(NC(=S)N(CCCN2CCOCC2)Cc2ccccc2C)c1. The van der Waals surface area contributed by atoms with Crippen molar-refractivity contribution in [2.75, 3.05) is 51.8 Å². The molecule has 5 nitrogen and oxygen atoms in total. The zero-order valence-electron chi connectivity index (χ0n) is 17.4. The van der Waals surface area contributed by atoms with E-state index in [4.69, 9.17) is 21.7 Å². The summed E-state index contributed by atoms with van der Waals surface area (Å²) in [6.45, 7) is 8.63. The van der Waals surface area contributed by atoms with Gasteiger partial charge in [0.2, 0.25) is 0 Å². The highest BCUT2D eigenvalue weighted by Gasteiger charge is 2.14. The van der Waals surface area contributed by atoms with Crippen LogP contribution in [0.4, 0.5) is 5.69 Å². The van der Waals surface area contributed by atoms with Gasteiger partial charge in [-0.25, -0.2) is 0 Å². The Labute approximate surface area is 179 Å². The molecule has 6 heteroatoms. The van der Waals surface area contributed by atoms with Gasteiger partial charge in [0, 0.05) is 44.5 Å². The van der Waals surface area contributed by atoms with E-state index in [-0.39, 0.29) is 0 Å². The van der Waals surface area contributed by atoms with Crippen molar-refractivity contribution in [1.82, 2.24) is 9.80 Å². The fourth-order valence-electron chi connectivity index (χ4n) is 3.46. The number of morpholine rings is 1. The van der Waals surface area contributed by atoms with Crippen LogP contribution in [0.5, 0.6) is 5.75 Å². The van der Waals surface area contributed by atoms with E-state index >= 15 is 0 Å². The number of hydrogen-bond acceptors (Lipinski definition) is 4. The first kappa shape index (κ1) is 21.6. The molecule has 2 aromatic carbocycles. The van der Waals surface area contributed by atoms with Gasteiger partial charge in [-0.2, -0.15) is 0 Å². The van der Waals surface area contributed by atoms with Gasteiger partial charge >= 0.3 is 0 Å². The molecule has 0 aromatic heterocycles. The van der Waals surface area contributed by atoms with Crippen LogP contribution < -0.4 is 10.1 Å². The van der Waals surface area contributed by atoms with E-state index < -0.39 is 0 Å². The minimum Gasteiger partial charge on any atom is -0.497 e. The van der Waals surface area contributed by atoms with Crippen LogP contribution in [0.3, 0.4) is 0 Å². The van der Waals surface area contributed by atoms with Crippen molar-refractivity contribution in [3.8, 4) is 5.75 Å². The molecule has 1 saturated heterocycles. The van der Waals surface area contributed by atoms with Gasteiger partial charge in [0.05, 0.1) is 20.3 Å². The average molecular weight is 414 g/mol. The van der Waals surface area contributed by atoms with Crippen LogP contribution in [0.25, 0.3) is 0 Å². The van der Waals surface area contributed by atoms with E-state index in [0.29, 0.717) is 0 Å². The van der Waals surface area contributed by atoms with E-state index in [9.17, 15) is 0 Å². The zero-order chi connectivity index (χ0) is 20.5. The Bertz CT molecular complexity index is 793. The maximum absolute atomic E-state index is 5.79. The van der Waals surface area contributed by atoms with Crippen molar-refractivity contribution in [3.05, 3.63) is 59.7 Å². The molecule has 0 radical (unpaired) electrons. The molecule has 0 atom stereocenters. The molecule has 1 aliphatic rings. The quantitative estimate of drug-likeness (QED) is 0.661. The second-order valence-electron chi connectivity index (χ2n) is 7.32. The molecule has 1 heterocycles. The zero-order valence-corrected chi connectivity index (χ0v) is 18.2. The van der Waals surface area contributed by atoms with E-state index in [1.54, 1.807) is 7.11 Å². The highest BCUT2D eigenvalue weighted by atomic mass is 32.1. The van der Waals surface area contributed by atoms with Crippen LogP contribution in [-0.2, 0) is 11.3 Å². The van der Waals surface area contributed by atoms with Gasteiger partial charge in [-0.3, -0.25) is 4.90 Å². The molecular weight excluding hydrogens is 382 g/mol. The Kier molecular flexibility index (Phi) is 8.28. The number of thiocarbonyl (C=S) groups is 1. The van der Waals surface area contributed by atoms with Gasteiger partial charge in [-0.1, -0.05) is 30.3 Å². The number of methoxy groups -OCH3 is 1. The maximum atomic E-state index is 5.79. The minimum absolute atomic E-state index is 0.739. The van der Waals surface area contributed by atoms with E-state index in [1.165, 1.54) is 11.1 Å². The lowest BCUT2D eigenvalue weighted by atomic mass is 10.1. The summed E-state index contributed by atoms with van der Waals surface area (Å²) in [5.41, 5.74) is 3.53. The van der Waals surface area contributed by atoms with Crippen LogP contribution >= 0.6 is 12.2 Å². The lowest BCUT2D eigenvalue weighted by molar-refractivity contribution is 0.0368.